The molecular weight excluding hydrogens is 421 g/mol. The fraction of sp³-hybridized carbons (Fsp3) is 0.421. The van der Waals surface area contributed by atoms with Crippen molar-refractivity contribution in [3.63, 3.8) is 0 Å². The summed E-state index contributed by atoms with van der Waals surface area (Å²) in [5, 5.41) is 0. The number of aromatic nitrogens is 1. The van der Waals surface area contributed by atoms with E-state index in [4.69, 9.17) is 0 Å². The molecule has 164 valence electrons. The third kappa shape index (κ3) is 5.99. The second kappa shape index (κ2) is 7.95. The molecule has 7 nitrogen and oxygen atoms in total. The Labute approximate surface area is 173 Å². The number of nitrogens with one attached hydrogen (secondary N) is 1. The molecule has 0 spiro atoms. The standard InChI is InChI=1S/C19H23F3N4O3S/c1-18(2)12-25(15-4-6-16(7-5-15)29-19(20,21)22)13-26(18)11-14-8-9-23-17(10-14)24-30(3,27)28/h4-10H,11-13H2,1-3H3,(H,23,24). The van der Waals surface area contributed by atoms with Crippen LogP contribution in [0.4, 0.5) is 24.7 Å². The fourth-order valence-electron chi connectivity index (χ4n) is 3.35. The summed E-state index contributed by atoms with van der Waals surface area (Å²) in [4.78, 5) is 8.29. The molecule has 0 radical (unpaired) electrons. The number of pyridine rings is 1. The van der Waals surface area contributed by atoms with Gasteiger partial charge in [-0.2, -0.15) is 0 Å². The molecule has 0 unspecified atom stereocenters. The fourth-order valence-corrected chi connectivity index (χ4v) is 3.84. The Morgan fingerprint density at radius 2 is 1.87 bits per heavy atom. The lowest BCUT2D eigenvalue weighted by Gasteiger charge is -2.29. The molecule has 1 aromatic heterocycles. The molecule has 2 aromatic rings. The van der Waals surface area contributed by atoms with E-state index >= 15 is 0 Å². The van der Waals surface area contributed by atoms with E-state index < -0.39 is 16.4 Å². The van der Waals surface area contributed by atoms with Crippen LogP contribution in [0.1, 0.15) is 19.4 Å². The van der Waals surface area contributed by atoms with Crippen molar-refractivity contribution in [1.29, 1.82) is 0 Å². The van der Waals surface area contributed by atoms with Crippen LogP contribution < -0.4 is 14.4 Å². The summed E-state index contributed by atoms with van der Waals surface area (Å²) < 4.78 is 66.1. The normalized spacial score (nSPS) is 17.2. The molecule has 0 bridgehead atoms. The maximum atomic E-state index is 12.3. The van der Waals surface area contributed by atoms with Gasteiger partial charge in [0.05, 0.1) is 12.9 Å². The average Bonchev–Trinajstić information content (AvgIpc) is 2.87. The van der Waals surface area contributed by atoms with Crippen molar-refractivity contribution in [3.8, 4) is 5.75 Å². The molecular formula is C19H23F3N4O3S. The van der Waals surface area contributed by atoms with Gasteiger partial charge in [0.2, 0.25) is 10.0 Å². The van der Waals surface area contributed by atoms with Crippen LogP contribution in [0.3, 0.4) is 0 Å². The predicted molar refractivity (Wildman–Crippen MR) is 108 cm³/mol. The maximum absolute atomic E-state index is 12.3. The Kier molecular flexibility index (Phi) is 5.87. The highest BCUT2D eigenvalue weighted by molar-refractivity contribution is 7.92. The summed E-state index contributed by atoms with van der Waals surface area (Å²) in [5.74, 6) is -0.00614. The summed E-state index contributed by atoms with van der Waals surface area (Å²) in [6.07, 6.45) is -2.11. The number of sulfonamides is 1. The third-order valence-electron chi connectivity index (χ3n) is 4.70. The number of rotatable bonds is 6. The van der Waals surface area contributed by atoms with Crippen LogP contribution in [-0.2, 0) is 16.6 Å². The summed E-state index contributed by atoms with van der Waals surface area (Å²) in [6, 6.07) is 9.29. The van der Waals surface area contributed by atoms with E-state index in [1.165, 1.54) is 12.1 Å². The molecule has 0 atom stereocenters. The van der Waals surface area contributed by atoms with Gasteiger partial charge in [0.25, 0.3) is 0 Å². The SMILES string of the molecule is CC1(C)CN(c2ccc(OC(F)(F)F)cc2)CN1Cc1ccnc(NS(C)(=O)=O)c1. The van der Waals surface area contributed by atoms with Crippen molar-refractivity contribution in [3.05, 3.63) is 48.2 Å². The van der Waals surface area contributed by atoms with Gasteiger partial charge < -0.3 is 9.64 Å². The highest BCUT2D eigenvalue weighted by Crippen LogP contribution is 2.32. The van der Waals surface area contributed by atoms with Gasteiger partial charge in [0.1, 0.15) is 11.6 Å². The van der Waals surface area contributed by atoms with Crippen molar-refractivity contribution in [2.24, 2.45) is 0 Å². The van der Waals surface area contributed by atoms with E-state index in [1.807, 2.05) is 6.07 Å². The Morgan fingerprint density at radius 3 is 2.47 bits per heavy atom. The molecule has 1 aliphatic rings. The van der Waals surface area contributed by atoms with Crippen molar-refractivity contribution < 1.29 is 26.3 Å². The third-order valence-corrected chi connectivity index (χ3v) is 5.28. The van der Waals surface area contributed by atoms with Gasteiger partial charge in [0.15, 0.2) is 0 Å². The van der Waals surface area contributed by atoms with Crippen molar-refractivity contribution in [2.75, 3.05) is 29.1 Å². The summed E-state index contributed by atoms with van der Waals surface area (Å²) in [7, 11) is -3.42. The van der Waals surface area contributed by atoms with Gasteiger partial charge in [-0.05, 0) is 55.8 Å². The predicted octanol–water partition coefficient (Wildman–Crippen LogP) is 3.41. The number of hydrogen-bond acceptors (Lipinski definition) is 6. The average molecular weight is 444 g/mol. The van der Waals surface area contributed by atoms with Crippen LogP contribution in [0.5, 0.6) is 5.75 Å². The molecule has 0 saturated carbocycles. The molecule has 0 amide bonds. The first-order valence-electron chi connectivity index (χ1n) is 9.09. The first-order chi connectivity index (χ1) is 13.8. The minimum atomic E-state index is -4.72. The molecule has 3 rings (SSSR count). The number of anilines is 2. The zero-order valence-electron chi connectivity index (χ0n) is 16.8. The molecule has 1 saturated heterocycles. The van der Waals surface area contributed by atoms with E-state index in [1.54, 1.807) is 24.4 Å². The Balaban J connectivity index is 1.71. The highest BCUT2D eigenvalue weighted by atomic mass is 32.2. The molecule has 1 N–H and O–H groups in total. The summed E-state index contributed by atoms with van der Waals surface area (Å²) in [6.45, 7) is 5.94. The van der Waals surface area contributed by atoms with Crippen molar-refractivity contribution >= 4 is 21.5 Å². The zero-order chi connectivity index (χ0) is 22.2. The van der Waals surface area contributed by atoms with Gasteiger partial charge in [0, 0.05) is 30.5 Å². The topological polar surface area (TPSA) is 74.8 Å². The van der Waals surface area contributed by atoms with Crippen LogP contribution in [0.15, 0.2) is 42.6 Å². The number of benzene rings is 1. The quantitative estimate of drug-likeness (QED) is 0.736. The van der Waals surface area contributed by atoms with Gasteiger partial charge in [-0.1, -0.05) is 0 Å². The smallest absolute Gasteiger partial charge is 0.406 e. The molecule has 2 heterocycles. The van der Waals surface area contributed by atoms with E-state index in [9.17, 15) is 21.6 Å². The molecule has 0 aliphatic carbocycles. The molecule has 1 aromatic carbocycles. The number of ether oxygens (including phenoxy) is 1. The molecule has 1 fully saturated rings. The van der Waals surface area contributed by atoms with Gasteiger partial charge in [-0.3, -0.25) is 9.62 Å². The van der Waals surface area contributed by atoms with E-state index in [0.717, 1.165) is 17.5 Å². The summed E-state index contributed by atoms with van der Waals surface area (Å²) in [5.41, 5.74) is 1.46. The minimum Gasteiger partial charge on any atom is -0.406 e. The van der Waals surface area contributed by atoms with Crippen LogP contribution in [0.25, 0.3) is 0 Å². The Hall–Kier alpha value is -2.53. The first kappa shape index (κ1) is 22.2. The van der Waals surface area contributed by atoms with Gasteiger partial charge >= 0.3 is 6.36 Å². The lowest BCUT2D eigenvalue weighted by atomic mass is 10.0. The molecule has 30 heavy (non-hydrogen) atoms. The van der Waals surface area contributed by atoms with Gasteiger partial charge in [-0.15, -0.1) is 13.2 Å². The lowest BCUT2D eigenvalue weighted by Crippen LogP contribution is -2.39. The number of halogens is 3. The number of alkyl halides is 3. The number of nitrogens with zero attached hydrogens (tertiary/aromatic N) is 3. The monoisotopic (exact) mass is 444 g/mol. The Bertz CT molecular complexity index is 995. The zero-order valence-corrected chi connectivity index (χ0v) is 17.6. The Morgan fingerprint density at radius 1 is 1.20 bits per heavy atom. The highest BCUT2D eigenvalue weighted by Gasteiger charge is 2.37. The van der Waals surface area contributed by atoms with E-state index in [-0.39, 0.29) is 17.1 Å². The lowest BCUT2D eigenvalue weighted by molar-refractivity contribution is -0.274. The van der Waals surface area contributed by atoms with Crippen LogP contribution in [-0.4, -0.2) is 49.7 Å². The van der Waals surface area contributed by atoms with Gasteiger partial charge in [-0.25, -0.2) is 13.4 Å². The van der Waals surface area contributed by atoms with Crippen LogP contribution >= 0.6 is 0 Å². The minimum absolute atomic E-state index is 0.213. The number of hydrogen-bond donors (Lipinski definition) is 1. The summed E-state index contributed by atoms with van der Waals surface area (Å²) >= 11 is 0. The van der Waals surface area contributed by atoms with E-state index in [2.05, 4.69) is 38.1 Å². The molecule has 1 aliphatic heterocycles. The second-order valence-electron chi connectivity index (χ2n) is 7.82. The molecule has 11 heteroatoms. The largest absolute Gasteiger partial charge is 0.573 e. The van der Waals surface area contributed by atoms with Crippen LogP contribution in [0.2, 0.25) is 0 Å². The van der Waals surface area contributed by atoms with Crippen LogP contribution in [0, 0.1) is 0 Å². The van der Waals surface area contributed by atoms with Crippen molar-refractivity contribution in [2.45, 2.75) is 32.3 Å². The second-order valence-corrected chi connectivity index (χ2v) is 9.56. The van der Waals surface area contributed by atoms with E-state index in [0.29, 0.717) is 19.8 Å². The van der Waals surface area contributed by atoms with Crippen molar-refractivity contribution in [1.82, 2.24) is 9.88 Å². The first-order valence-corrected chi connectivity index (χ1v) is 11.0. The maximum Gasteiger partial charge on any atom is 0.573 e.